The number of nitrogens with zero attached hydrogens (tertiary/aromatic N) is 2. The maximum atomic E-state index is 11.1. The molecule has 166 valence electrons. The number of guanidine groups is 1. The number of benzene rings is 2. The van der Waals surface area contributed by atoms with Crippen LogP contribution in [0.25, 0.3) is 0 Å². The van der Waals surface area contributed by atoms with Crippen molar-refractivity contribution in [3.8, 4) is 5.75 Å². The van der Waals surface area contributed by atoms with Crippen molar-refractivity contribution < 1.29 is 9.53 Å². The maximum Gasteiger partial charge on any atom is 0.221 e. The van der Waals surface area contributed by atoms with Crippen molar-refractivity contribution in [1.82, 2.24) is 10.6 Å². The van der Waals surface area contributed by atoms with Gasteiger partial charge in [0.25, 0.3) is 0 Å². The van der Waals surface area contributed by atoms with Crippen LogP contribution in [0.1, 0.15) is 18.9 Å². The average molecular weight is 444 g/mol. The van der Waals surface area contributed by atoms with Crippen molar-refractivity contribution in [2.24, 2.45) is 4.99 Å². The summed E-state index contributed by atoms with van der Waals surface area (Å²) < 4.78 is 5.49. The summed E-state index contributed by atoms with van der Waals surface area (Å²) in [6, 6.07) is 13.9. The highest BCUT2D eigenvalue weighted by Crippen LogP contribution is 2.33. The Hall–Kier alpha value is -2.93. The molecule has 0 aromatic heterocycles. The summed E-state index contributed by atoms with van der Waals surface area (Å²) in [5.41, 5.74) is 3.02. The molecule has 0 aliphatic carbocycles. The predicted octanol–water partition coefficient (Wildman–Crippen LogP) is 3.29. The largest absolute Gasteiger partial charge is 0.495 e. The molecule has 2 aromatic carbocycles. The molecule has 1 amide bonds. The van der Waals surface area contributed by atoms with E-state index >= 15 is 0 Å². The standard InChI is InChI=1S/C23H30ClN5O2/c1-16(30)27-19-7-4-17(5-8-19)10-12-26-23(25-2)28-20-11-13-29(15-20)21-14-18(24)6-9-22(21)31-3/h4-9,14,20H,10-13,15H2,1-3H3,(H,27,30)(H2,25,26,28). The number of nitrogens with one attached hydrogen (secondary N) is 3. The quantitative estimate of drug-likeness (QED) is 0.452. The van der Waals surface area contributed by atoms with Crippen LogP contribution in [0.3, 0.4) is 0 Å². The highest BCUT2D eigenvalue weighted by Gasteiger charge is 2.25. The summed E-state index contributed by atoms with van der Waals surface area (Å²) in [5, 5.41) is 10.4. The van der Waals surface area contributed by atoms with Gasteiger partial charge in [-0.2, -0.15) is 0 Å². The third-order valence-corrected chi connectivity index (χ3v) is 5.45. The van der Waals surface area contributed by atoms with Crippen LogP contribution >= 0.6 is 11.6 Å². The lowest BCUT2D eigenvalue weighted by Gasteiger charge is -2.22. The van der Waals surface area contributed by atoms with E-state index in [0.717, 1.165) is 55.6 Å². The molecule has 3 rings (SSSR count). The Labute approximate surface area is 188 Å². The molecular weight excluding hydrogens is 414 g/mol. The molecule has 8 heteroatoms. The minimum absolute atomic E-state index is 0.0661. The lowest BCUT2D eigenvalue weighted by Crippen LogP contribution is -2.45. The van der Waals surface area contributed by atoms with Gasteiger partial charge in [-0.25, -0.2) is 0 Å². The minimum atomic E-state index is -0.0661. The molecule has 3 N–H and O–H groups in total. The molecule has 0 spiro atoms. The molecule has 0 bridgehead atoms. The molecule has 0 radical (unpaired) electrons. The molecule has 1 atom stereocenters. The van der Waals surface area contributed by atoms with Crippen LogP contribution in [-0.4, -0.2) is 51.7 Å². The van der Waals surface area contributed by atoms with Gasteiger partial charge in [-0.05, 0) is 48.7 Å². The van der Waals surface area contributed by atoms with E-state index in [2.05, 4.69) is 25.8 Å². The second kappa shape index (κ2) is 10.9. The summed E-state index contributed by atoms with van der Waals surface area (Å²) in [7, 11) is 3.46. The van der Waals surface area contributed by atoms with Gasteiger partial charge >= 0.3 is 0 Å². The molecule has 1 aliphatic heterocycles. The van der Waals surface area contributed by atoms with E-state index in [1.54, 1.807) is 14.2 Å². The number of methoxy groups -OCH3 is 1. The highest BCUT2D eigenvalue weighted by atomic mass is 35.5. The third-order valence-electron chi connectivity index (χ3n) is 5.21. The second-order valence-electron chi connectivity index (χ2n) is 7.52. The van der Waals surface area contributed by atoms with Gasteiger partial charge in [0.1, 0.15) is 5.75 Å². The summed E-state index contributed by atoms with van der Waals surface area (Å²) >= 11 is 6.19. The molecule has 1 fully saturated rings. The van der Waals surface area contributed by atoms with E-state index in [-0.39, 0.29) is 11.9 Å². The van der Waals surface area contributed by atoms with Crippen molar-refractivity contribution in [1.29, 1.82) is 0 Å². The minimum Gasteiger partial charge on any atom is -0.495 e. The fourth-order valence-corrected chi connectivity index (χ4v) is 3.84. The summed E-state index contributed by atoms with van der Waals surface area (Å²) in [5.74, 6) is 1.56. The lowest BCUT2D eigenvalue weighted by molar-refractivity contribution is -0.114. The second-order valence-corrected chi connectivity index (χ2v) is 7.96. The van der Waals surface area contributed by atoms with Crippen LogP contribution in [0.2, 0.25) is 5.02 Å². The van der Waals surface area contributed by atoms with Gasteiger partial charge in [-0.1, -0.05) is 23.7 Å². The van der Waals surface area contributed by atoms with Gasteiger partial charge in [0.2, 0.25) is 5.91 Å². The number of hydrogen-bond donors (Lipinski definition) is 3. The molecule has 31 heavy (non-hydrogen) atoms. The summed E-state index contributed by atoms with van der Waals surface area (Å²) in [4.78, 5) is 17.8. The molecule has 1 unspecified atom stereocenters. The van der Waals surface area contributed by atoms with Crippen LogP contribution < -0.4 is 25.6 Å². The average Bonchev–Trinajstić information content (AvgIpc) is 3.22. The Morgan fingerprint density at radius 3 is 2.71 bits per heavy atom. The number of carbonyl (C=O) groups is 1. The van der Waals surface area contributed by atoms with Gasteiger partial charge in [0, 0.05) is 50.4 Å². The van der Waals surface area contributed by atoms with Crippen molar-refractivity contribution in [3.05, 3.63) is 53.1 Å². The molecule has 1 heterocycles. The van der Waals surface area contributed by atoms with E-state index in [9.17, 15) is 4.79 Å². The van der Waals surface area contributed by atoms with Crippen molar-refractivity contribution >= 4 is 34.8 Å². The normalized spacial score (nSPS) is 16.2. The monoisotopic (exact) mass is 443 g/mol. The summed E-state index contributed by atoms with van der Waals surface area (Å²) in [6.07, 6.45) is 1.86. The smallest absolute Gasteiger partial charge is 0.221 e. The zero-order valence-corrected chi connectivity index (χ0v) is 19.0. The number of hydrogen-bond acceptors (Lipinski definition) is 4. The number of ether oxygens (including phenoxy) is 1. The van der Waals surface area contributed by atoms with Gasteiger partial charge in [-0.3, -0.25) is 9.79 Å². The zero-order valence-electron chi connectivity index (χ0n) is 18.2. The first kappa shape index (κ1) is 22.7. The van der Waals surface area contributed by atoms with Gasteiger partial charge < -0.3 is 25.6 Å². The molecule has 1 aliphatic rings. The first-order chi connectivity index (χ1) is 15.0. The number of aliphatic imine (C=N–C) groups is 1. The van der Waals surface area contributed by atoms with Crippen molar-refractivity contribution in [2.45, 2.75) is 25.8 Å². The fraction of sp³-hybridized carbons (Fsp3) is 0.391. The Balaban J connectivity index is 1.47. The Bertz CT molecular complexity index is 917. The van der Waals surface area contributed by atoms with Crippen LogP contribution in [-0.2, 0) is 11.2 Å². The number of rotatable bonds is 7. The van der Waals surface area contributed by atoms with E-state index in [1.807, 2.05) is 42.5 Å². The first-order valence-electron chi connectivity index (χ1n) is 10.4. The predicted molar refractivity (Wildman–Crippen MR) is 128 cm³/mol. The van der Waals surface area contributed by atoms with Crippen LogP contribution in [0.15, 0.2) is 47.5 Å². The highest BCUT2D eigenvalue weighted by molar-refractivity contribution is 6.30. The van der Waals surface area contributed by atoms with E-state index in [4.69, 9.17) is 16.3 Å². The molecular formula is C23H30ClN5O2. The Kier molecular flexibility index (Phi) is 8.00. The third kappa shape index (κ3) is 6.52. The lowest BCUT2D eigenvalue weighted by atomic mass is 10.1. The Morgan fingerprint density at radius 2 is 2.03 bits per heavy atom. The molecule has 2 aromatic rings. The zero-order chi connectivity index (χ0) is 22.2. The van der Waals surface area contributed by atoms with Crippen LogP contribution in [0.5, 0.6) is 5.75 Å². The first-order valence-corrected chi connectivity index (χ1v) is 10.8. The Morgan fingerprint density at radius 1 is 1.26 bits per heavy atom. The van der Waals surface area contributed by atoms with Gasteiger partial charge in [0.15, 0.2) is 5.96 Å². The number of anilines is 2. The molecule has 1 saturated heterocycles. The summed E-state index contributed by atoms with van der Waals surface area (Å²) in [6.45, 7) is 4.04. The number of halogens is 1. The van der Waals surface area contributed by atoms with Crippen molar-refractivity contribution in [3.63, 3.8) is 0 Å². The maximum absolute atomic E-state index is 11.1. The SMILES string of the molecule is CN=C(NCCc1ccc(NC(C)=O)cc1)NC1CCN(c2cc(Cl)ccc2OC)C1. The van der Waals surface area contributed by atoms with Crippen molar-refractivity contribution in [2.75, 3.05) is 44.0 Å². The number of carbonyl (C=O) groups excluding carboxylic acids is 1. The number of amides is 1. The molecule has 0 saturated carbocycles. The van der Waals surface area contributed by atoms with E-state index < -0.39 is 0 Å². The topological polar surface area (TPSA) is 78.0 Å². The fourth-order valence-electron chi connectivity index (χ4n) is 3.68. The van der Waals surface area contributed by atoms with E-state index in [0.29, 0.717) is 5.02 Å². The van der Waals surface area contributed by atoms with Crippen LogP contribution in [0.4, 0.5) is 11.4 Å². The van der Waals surface area contributed by atoms with Crippen LogP contribution in [0, 0.1) is 0 Å². The van der Waals surface area contributed by atoms with Gasteiger partial charge in [0.05, 0.1) is 12.8 Å². The van der Waals surface area contributed by atoms with E-state index in [1.165, 1.54) is 12.5 Å². The molecule has 7 nitrogen and oxygen atoms in total. The van der Waals surface area contributed by atoms with Gasteiger partial charge in [-0.15, -0.1) is 0 Å².